The zero-order valence-electron chi connectivity index (χ0n) is 19.0. The molecule has 5 rings (SSSR count). The fraction of sp³-hybridized carbons (Fsp3) is 0.333. The third kappa shape index (κ3) is 4.37. The Labute approximate surface area is 200 Å². The maximum absolute atomic E-state index is 12.6. The number of fused-ring (bicyclic) bond motifs is 2. The van der Waals surface area contributed by atoms with Crippen LogP contribution in [0.3, 0.4) is 0 Å². The number of methoxy groups -OCH3 is 1. The number of aliphatic hydroxyl groups is 1. The zero-order valence-corrected chi connectivity index (χ0v) is 19.0. The van der Waals surface area contributed by atoms with Gasteiger partial charge in [-0.15, -0.1) is 0 Å². The number of pyridine rings is 2. The number of hydrogen-bond donors (Lipinski definition) is 2. The van der Waals surface area contributed by atoms with Gasteiger partial charge in [0, 0.05) is 31.2 Å². The number of amides is 2. The predicted octanol–water partition coefficient (Wildman–Crippen LogP) is 1.58. The molecule has 0 radical (unpaired) electrons. The smallest absolute Gasteiger partial charge is 0.414 e. The van der Waals surface area contributed by atoms with Gasteiger partial charge in [0.2, 0.25) is 11.8 Å². The Hall–Kier alpha value is -4.12. The monoisotopic (exact) mass is 480 g/mol. The normalized spacial score (nSPS) is 18.7. The number of ether oxygens (including phenoxy) is 4. The van der Waals surface area contributed by atoms with Crippen LogP contribution >= 0.6 is 0 Å². The summed E-state index contributed by atoms with van der Waals surface area (Å²) in [6.45, 7) is 0.998. The van der Waals surface area contributed by atoms with Crippen LogP contribution in [0.2, 0.25) is 0 Å². The Morgan fingerprint density at radius 1 is 1.23 bits per heavy atom. The van der Waals surface area contributed by atoms with E-state index < -0.39 is 23.7 Å². The molecule has 0 spiro atoms. The van der Waals surface area contributed by atoms with Crippen molar-refractivity contribution in [1.82, 2.24) is 9.97 Å². The minimum absolute atomic E-state index is 0.122. The molecule has 11 heteroatoms. The van der Waals surface area contributed by atoms with Crippen molar-refractivity contribution in [3.63, 3.8) is 0 Å². The quantitative estimate of drug-likeness (QED) is 0.514. The number of nitrogens with two attached hydrogens (primary N) is 1. The number of nitrogens with zero attached hydrogens (tertiary/aromatic N) is 3. The maximum Gasteiger partial charge on any atom is 0.414 e. The molecule has 1 fully saturated rings. The fourth-order valence-electron chi connectivity index (χ4n) is 4.31. The number of carbonyl (C=O) groups excluding carboxylic acids is 2. The molecule has 2 aliphatic rings. The highest BCUT2D eigenvalue weighted by molar-refractivity contribution is 5.91. The van der Waals surface area contributed by atoms with Gasteiger partial charge in [0.25, 0.3) is 0 Å². The van der Waals surface area contributed by atoms with Gasteiger partial charge in [-0.2, -0.15) is 0 Å². The topological polar surface area (TPSA) is 146 Å². The first-order valence-electron chi connectivity index (χ1n) is 11.0. The highest BCUT2D eigenvalue weighted by atomic mass is 16.6. The van der Waals surface area contributed by atoms with Crippen LogP contribution in [0.5, 0.6) is 17.4 Å². The molecule has 0 saturated carbocycles. The standard InChI is InChI=1S/C24H24N4O7/c1-32-20-5-3-17-21(27-20)14(6-7-26-17)11-24(31,22(25)29)12-16-13-28(23(30)35-16)15-2-4-18-19(10-15)34-9-8-33-18/h2-7,10,16,31H,8-9,11-13H2,1H3,(H2,25,29)/t16-,24?/m1/s1. The van der Waals surface area contributed by atoms with E-state index in [1.807, 2.05) is 0 Å². The number of hydrogen-bond acceptors (Lipinski definition) is 9. The first kappa shape index (κ1) is 22.7. The zero-order chi connectivity index (χ0) is 24.6. The van der Waals surface area contributed by atoms with Crippen LogP contribution < -0.4 is 24.8 Å². The molecule has 3 aromatic rings. The maximum atomic E-state index is 12.6. The van der Waals surface area contributed by atoms with E-state index in [1.54, 1.807) is 42.6 Å². The van der Waals surface area contributed by atoms with Gasteiger partial charge >= 0.3 is 6.09 Å². The first-order chi connectivity index (χ1) is 16.9. The van der Waals surface area contributed by atoms with E-state index in [0.717, 1.165) is 0 Å². The molecule has 1 aromatic carbocycles. The predicted molar refractivity (Wildman–Crippen MR) is 124 cm³/mol. The van der Waals surface area contributed by atoms with Crippen molar-refractivity contribution in [3.05, 3.63) is 48.2 Å². The van der Waals surface area contributed by atoms with E-state index >= 15 is 0 Å². The third-order valence-corrected chi connectivity index (χ3v) is 6.07. The average Bonchev–Trinajstić information content (AvgIpc) is 3.22. The molecule has 2 atom stereocenters. The fourth-order valence-corrected chi connectivity index (χ4v) is 4.31. The molecular weight excluding hydrogens is 456 g/mol. The van der Waals surface area contributed by atoms with Gasteiger partial charge in [-0.1, -0.05) is 0 Å². The Kier molecular flexibility index (Phi) is 5.77. The van der Waals surface area contributed by atoms with Gasteiger partial charge in [-0.05, 0) is 29.8 Å². The van der Waals surface area contributed by atoms with Crippen LogP contribution in [-0.2, 0) is 16.0 Å². The molecule has 2 amide bonds. The molecule has 0 aliphatic carbocycles. The molecule has 1 unspecified atom stereocenters. The highest BCUT2D eigenvalue weighted by Crippen LogP contribution is 2.36. The van der Waals surface area contributed by atoms with Crippen molar-refractivity contribution in [3.8, 4) is 17.4 Å². The molecule has 35 heavy (non-hydrogen) atoms. The Morgan fingerprint density at radius 2 is 2.03 bits per heavy atom. The number of carbonyl (C=O) groups is 2. The minimum atomic E-state index is -1.99. The van der Waals surface area contributed by atoms with Crippen molar-refractivity contribution in [2.75, 3.05) is 31.8 Å². The summed E-state index contributed by atoms with van der Waals surface area (Å²) in [5.74, 6) is 0.571. The lowest BCUT2D eigenvalue weighted by molar-refractivity contribution is -0.139. The second-order valence-electron chi connectivity index (χ2n) is 8.41. The second kappa shape index (κ2) is 8.91. The summed E-state index contributed by atoms with van der Waals surface area (Å²) in [5.41, 5.74) is 5.80. The number of aromatic nitrogens is 2. The SMILES string of the molecule is COc1ccc2nccc(CC(O)(C[C@@H]3CN(c4ccc5c(c4)OCCO5)C(=O)O3)C(N)=O)c2n1. The van der Waals surface area contributed by atoms with Gasteiger partial charge < -0.3 is 29.8 Å². The van der Waals surface area contributed by atoms with Crippen molar-refractivity contribution >= 4 is 28.7 Å². The molecule has 2 aliphatic heterocycles. The van der Waals surface area contributed by atoms with E-state index in [1.165, 1.54) is 12.0 Å². The lowest BCUT2D eigenvalue weighted by atomic mass is 9.87. The van der Waals surface area contributed by atoms with Crippen LogP contribution in [0.15, 0.2) is 42.6 Å². The highest BCUT2D eigenvalue weighted by Gasteiger charge is 2.43. The molecule has 11 nitrogen and oxygen atoms in total. The molecule has 2 aromatic heterocycles. The third-order valence-electron chi connectivity index (χ3n) is 6.07. The average molecular weight is 480 g/mol. The van der Waals surface area contributed by atoms with E-state index in [0.29, 0.717) is 52.9 Å². The molecule has 4 heterocycles. The van der Waals surface area contributed by atoms with Gasteiger partial charge in [-0.25, -0.2) is 9.78 Å². The van der Waals surface area contributed by atoms with E-state index in [4.69, 9.17) is 24.7 Å². The van der Waals surface area contributed by atoms with Crippen molar-refractivity contribution in [2.24, 2.45) is 5.73 Å². The van der Waals surface area contributed by atoms with Gasteiger partial charge in [0.1, 0.15) is 19.3 Å². The summed E-state index contributed by atoms with van der Waals surface area (Å²) in [4.78, 5) is 35.1. The van der Waals surface area contributed by atoms with Gasteiger partial charge in [-0.3, -0.25) is 14.7 Å². The summed E-state index contributed by atoms with van der Waals surface area (Å²) in [7, 11) is 1.49. The van der Waals surface area contributed by atoms with Crippen LogP contribution in [0.4, 0.5) is 10.5 Å². The summed E-state index contributed by atoms with van der Waals surface area (Å²) < 4.78 is 21.8. The lowest BCUT2D eigenvalue weighted by Gasteiger charge is -2.27. The lowest BCUT2D eigenvalue weighted by Crippen LogP contribution is -2.48. The Morgan fingerprint density at radius 3 is 2.80 bits per heavy atom. The van der Waals surface area contributed by atoms with Crippen LogP contribution in [0.1, 0.15) is 12.0 Å². The second-order valence-corrected chi connectivity index (χ2v) is 8.41. The number of benzene rings is 1. The van der Waals surface area contributed by atoms with Crippen molar-refractivity contribution < 1.29 is 33.6 Å². The molecular formula is C24H24N4O7. The van der Waals surface area contributed by atoms with Gasteiger partial charge in [0.15, 0.2) is 17.1 Å². The number of rotatable bonds is 7. The van der Waals surface area contributed by atoms with E-state index in [-0.39, 0.29) is 19.4 Å². The number of cyclic esters (lactones) is 1. The number of primary amides is 1. The van der Waals surface area contributed by atoms with E-state index in [9.17, 15) is 14.7 Å². The number of anilines is 1. The van der Waals surface area contributed by atoms with Crippen LogP contribution in [-0.4, -0.2) is 65.6 Å². The Bertz CT molecular complexity index is 1300. The molecule has 0 bridgehead atoms. The summed E-state index contributed by atoms with van der Waals surface area (Å²) >= 11 is 0. The summed E-state index contributed by atoms with van der Waals surface area (Å²) in [5, 5.41) is 11.3. The summed E-state index contributed by atoms with van der Waals surface area (Å²) in [6.07, 6.45) is -0.141. The minimum Gasteiger partial charge on any atom is -0.486 e. The van der Waals surface area contributed by atoms with Gasteiger partial charge in [0.05, 0.1) is 30.4 Å². The molecule has 1 saturated heterocycles. The van der Waals surface area contributed by atoms with Crippen molar-refractivity contribution in [1.29, 1.82) is 0 Å². The Balaban J connectivity index is 1.37. The molecule has 182 valence electrons. The largest absolute Gasteiger partial charge is 0.486 e. The van der Waals surface area contributed by atoms with E-state index in [2.05, 4.69) is 9.97 Å². The summed E-state index contributed by atoms with van der Waals surface area (Å²) in [6, 6.07) is 10.2. The molecule has 3 N–H and O–H groups in total. The van der Waals surface area contributed by atoms with Crippen molar-refractivity contribution in [2.45, 2.75) is 24.5 Å². The van der Waals surface area contributed by atoms with Crippen LogP contribution in [0, 0.1) is 0 Å². The van der Waals surface area contributed by atoms with Crippen LogP contribution in [0.25, 0.3) is 11.0 Å². The first-order valence-corrected chi connectivity index (χ1v) is 11.0.